The quantitative estimate of drug-likeness (QED) is 0.844. The van der Waals surface area contributed by atoms with Crippen LogP contribution in [0.5, 0.6) is 5.75 Å². The lowest BCUT2D eigenvalue weighted by molar-refractivity contribution is 0.476. The number of azo groups is 1. The molecule has 0 atom stereocenters. The van der Waals surface area contributed by atoms with E-state index in [0.29, 0.717) is 5.69 Å². The summed E-state index contributed by atoms with van der Waals surface area (Å²) in [6.07, 6.45) is 2.89. The van der Waals surface area contributed by atoms with Crippen molar-refractivity contribution in [3.8, 4) is 5.75 Å². The third-order valence-corrected chi connectivity index (χ3v) is 2.44. The van der Waals surface area contributed by atoms with E-state index in [2.05, 4.69) is 15.2 Å². The average Bonchev–Trinajstić information content (AvgIpc) is 2.82. The van der Waals surface area contributed by atoms with Crippen molar-refractivity contribution in [1.82, 2.24) is 4.98 Å². The number of phenols is 1. The minimum atomic E-state index is 0.0691. The lowest BCUT2D eigenvalue weighted by atomic mass is 10.1. The monoisotopic (exact) mass is 246 g/mol. The van der Waals surface area contributed by atoms with Gasteiger partial charge in [-0.05, 0) is 18.6 Å². The number of anilines is 1. The molecular formula is C12H14N4O2. The standard InChI is InChI=1S/C12H14N4O2/c1-8-6-9(11(17)7-10(8)16(2)3)14-15-12-13-4-5-18-12/h4-7,17H,1-3H3. The van der Waals surface area contributed by atoms with E-state index in [1.54, 1.807) is 12.1 Å². The van der Waals surface area contributed by atoms with Crippen LogP contribution in [-0.4, -0.2) is 24.2 Å². The van der Waals surface area contributed by atoms with Crippen molar-refractivity contribution in [3.05, 3.63) is 30.2 Å². The number of aryl methyl sites for hydroxylation is 1. The summed E-state index contributed by atoms with van der Waals surface area (Å²) in [5, 5.41) is 17.6. The second-order valence-electron chi connectivity index (χ2n) is 4.04. The van der Waals surface area contributed by atoms with Crippen molar-refractivity contribution >= 4 is 17.4 Å². The second-order valence-corrected chi connectivity index (χ2v) is 4.04. The first-order valence-electron chi connectivity index (χ1n) is 5.40. The first-order valence-corrected chi connectivity index (χ1v) is 5.40. The zero-order valence-electron chi connectivity index (χ0n) is 10.5. The molecule has 18 heavy (non-hydrogen) atoms. The fourth-order valence-corrected chi connectivity index (χ4v) is 1.59. The number of nitrogens with zero attached hydrogens (tertiary/aromatic N) is 4. The number of aromatic nitrogens is 1. The largest absolute Gasteiger partial charge is 0.506 e. The second kappa shape index (κ2) is 4.87. The van der Waals surface area contributed by atoms with E-state index in [1.807, 2.05) is 25.9 Å². The van der Waals surface area contributed by atoms with Gasteiger partial charge in [0.15, 0.2) is 0 Å². The number of rotatable bonds is 3. The molecule has 0 aliphatic rings. The zero-order valence-corrected chi connectivity index (χ0v) is 10.5. The van der Waals surface area contributed by atoms with Gasteiger partial charge in [0.2, 0.25) is 0 Å². The predicted molar refractivity (Wildman–Crippen MR) is 67.8 cm³/mol. The molecule has 6 heteroatoms. The van der Waals surface area contributed by atoms with Crippen molar-refractivity contribution in [1.29, 1.82) is 0 Å². The van der Waals surface area contributed by atoms with E-state index >= 15 is 0 Å². The number of oxazole rings is 1. The zero-order chi connectivity index (χ0) is 13.1. The van der Waals surface area contributed by atoms with Gasteiger partial charge in [-0.1, -0.05) is 5.11 Å². The predicted octanol–water partition coefficient (Wildman–Crippen LogP) is 3.17. The molecule has 94 valence electrons. The molecule has 0 bridgehead atoms. The van der Waals surface area contributed by atoms with Gasteiger partial charge in [0.1, 0.15) is 17.7 Å². The third kappa shape index (κ3) is 2.48. The van der Waals surface area contributed by atoms with Crippen LogP contribution in [0.1, 0.15) is 5.56 Å². The maximum Gasteiger partial charge on any atom is 0.340 e. The summed E-state index contributed by atoms with van der Waals surface area (Å²) < 4.78 is 4.93. The van der Waals surface area contributed by atoms with Gasteiger partial charge >= 0.3 is 6.01 Å². The normalized spacial score (nSPS) is 11.1. The Kier molecular flexibility index (Phi) is 3.27. The van der Waals surface area contributed by atoms with Crippen LogP contribution < -0.4 is 4.90 Å². The number of aromatic hydroxyl groups is 1. The molecule has 0 aliphatic carbocycles. The minimum absolute atomic E-state index is 0.0691. The summed E-state index contributed by atoms with van der Waals surface area (Å²) in [6.45, 7) is 1.94. The van der Waals surface area contributed by atoms with Crippen molar-refractivity contribution in [2.45, 2.75) is 6.92 Å². The van der Waals surface area contributed by atoms with Crippen LogP contribution in [0, 0.1) is 6.92 Å². The summed E-state index contributed by atoms with van der Waals surface area (Å²) >= 11 is 0. The highest BCUT2D eigenvalue weighted by Crippen LogP contribution is 2.34. The molecule has 0 aliphatic heterocycles. The fourth-order valence-electron chi connectivity index (χ4n) is 1.59. The first-order chi connectivity index (χ1) is 8.58. The minimum Gasteiger partial charge on any atom is -0.506 e. The fraction of sp³-hybridized carbons (Fsp3) is 0.250. The Morgan fingerprint density at radius 2 is 2.06 bits per heavy atom. The molecular weight excluding hydrogens is 232 g/mol. The van der Waals surface area contributed by atoms with Gasteiger partial charge in [-0.15, -0.1) is 5.11 Å². The SMILES string of the molecule is Cc1cc(N=Nc2ncco2)c(O)cc1N(C)C. The van der Waals surface area contributed by atoms with Crippen molar-refractivity contribution in [3.63, 3.8) is 0 Å². The molecule has 1 aromatic carbocycles. The maximum absolute atomic E-state index is 9.86. The van der Waals surface area contributed by atoms with Crippen LogP contribution in [0.4, 0.5) is 17.4 Å². The molecule has 0 saturated carbocycles. The Morgan fingerprint density at radius 1 is 1.28 bits per heavy atom. The molecule has 2 rings (SSSR count). The van der Waals surface area contributed by atoms with Crippen LogP contribution >= 0.6 is 0 Å². The van der Waals surface area contributed by atoms with Crippen LogP contribution in [0.2, 0.25) is 0 Å². The van der Waals surface area contributed by atoms with Crippen molar-refractivity contribution in [2.24, 2.45) is 10.2 Å². The topological polar surface area (TPSA) is 74.2 Å². The van der Waals surface area contributed by atoms with Gasteiger partial charge in [0.05, 0.1) is 6.20 Å². The Bertz CT molecular complexity index is 562. The van der Waals surface area contributed by atoms with Gasteiger partial charge in [0, 0.05) is 25.8 Å². The lowest BCUT2D eigenvalue weighted by Crippen LogP contribution is -2.09. The summed E-state index contributed by atoms with van der Waals surface area (Å²) in [4.78, 5) is 5.73. The van der Waals surface area contributed by atoms with Crippen LogP contribution in [0.25, 0.3) is 0 Å². The first kappa shape index (κ1) is 12.1. The van der Waals surface area contributed by atoms with Gasteiger partial charge in [-0.3, -0.25) is 0 Å². The molecule has 0 spiro atoms. The van der Waals surface area contributed by atoms with E-state index in [1.165, 1.54) is 12.5 Å². The molecule has 0 radical (unpaired) electrons. The van der Waals surface area contributed by atoms with Gasteiger partial charge in [-0.25, -0.2) is 0 Å². The Morgan fingerprint density at radius 3 is 2.67 bits per heavy atom. The molecule has 2 aromatic rings. The van der Waals surface area contributed by atoms with Gasteiger partial charge in [0.25, 0.3) is 0 Å². The van der Waals surface area contributed by atoms with E-state index in [4.69, 9.17) is 4.42 Å². The molecule has 1 heterocycles. The maximum atomic E-state index is 9.86. The Hall–Kier alpha value is -2.37. The highest BCUT2D eigenvalue weighted by molar-refractivity contribution is 5.65. The molecule has 0 saturated heterocycles. The number of hydrogen-bond acceptors (Lipinski definition) is 6. The van der Waals surface area contributed by atoms with E-state index < -0.39 is 0 Å². The summed E-state index contributed by atoms with van der Waals surface area (Å²) in [5.74, 6) is 0.0691. The van der Waals surface area contributed by atoms with E-state index in [9.17, 15) is 5.11 Å². The lowest BCUT2D eigenvalue weighted by Gasteiger charge is -2.16. The highest BCUT2D eigenvalue weighted by atomic mass is 16.4. The van der Waals surface area contributed by atoms with E-state index in [-0.39, 0.29) is 11.8 Å². The van der Waals surface area contributed by atoms with Gasteiger partial charge < -0.3 is 14.4 Å². The van der Waals surface area contributed by atoms with Crippen LogP contribution in [0.15, 0.2) is 39.2 Å². The van der Waals surface area contributed by atoms with Crippen LogP contribution in [-0.2, 0) is 0 Å². The molecule has 6 nitrogen and oxygen atoms in total. The molecule has 0 amide bonds. The van der Waals surface area contributed by atoms with Crippen molar-refractivity contribution < 1.29 is 9.52 Å². The molecule has 0 fully saturated rings. The average molecular weight is 246 g/mol. The number of benzene rings is 1. The van der Waals surface area contributed by atoms with Gasteiger partial charge in [-0.2, -0.15) is 4.98 Å². The highest BCUT2D eigenvalue weighted by Gasteiger charge is 2.08. The van der Waals surface area contributed by atoms with Crippen LogP contribution in [0.3, 0.4) is 0 Å². The number of phenolic OH excluding ortho intramolecular Hbond substituents is 1. The molecule has 0 unspecified atom stereocenters. The van der Waals surface area contributed by atoms with Crippen molar-refractivity contribution in [2.75, 3.05) is 19.0 Å². The summed E-state index contributed by atoms with van der Waals surface area (Å²) in [6, 6.07) is 3.57. The molecule has 1 aromatic heterocycles. The third-order valence-electron chi connectivity index (χ3n) is 2.44. The molecule has 1 N–H and O–H groups in total. The Labute approximate surface area is 105 Å². The van der Waals surface area contributed by atoms with E-state index in [0.717, 1.165) is 11.3 Å². The smallest absolute Gasteiger partial charge is 0.340 e. The number of hydrogen-bond donors (Lipinski definition) is 1. The Balaban J connectivity index is 2.32. The summed E-state index contributed by atoms with van der Waals surface area (Å²) in [7, 11) is 3.82. The summed E-state index contributed by atoms with van der Waals surface area (Å²) in [5.41, 5.74) is 2.32.